The summed E-state index contributed by atoms with van der Waals surface area (Å²) in [6.07, 6.45) is 1.83. The van der Waals surface area contributed by atoms with E-state index in [2.05, 4.69) is 16.0 Å². The van der Waals surface area contributed by atoms with Crippen molar-refractivity contribution < 1.29 is 0 Å². The summed E-state index contributed by atoms with van der Waals surface area (Å²) >= 11 is 0. The van der Waals surface area contributed by atoms with Crippen molar-refractivity contribution in [2.45, 2.75) is 0 Å². The van der Waals surface area contributed by atoms with Crippen LogP contribution in [0.15, 0.2) is 29.3 Å². The van der Waals surface area contributed by atoms with Crippen LogP contribution in [0.25, 0.3) is 0 Å². The van der Waals surface area contributed by atoms with Crippen molar-refractivity contribution in [3.63, 3.8) is 0 Å². The second-order valence-electron chi connectivity index (χ2n) is 2.87. The van der Waals surface area contributed by atoms with Gasteiger partial charge in [-0.1, -0.05) is 0 Å². The molecule has 0 bridgehead atoms. The minimum atomic E-state index is 0.694. The van der Waals surface area contributed by atoms with Crippen LogP contribution in [0.4, 0.5) is 5.69 Å². The van der Waals surface area contributed by atoms with E-state index in [9.17, 15) is 0 Å². The molecule has 0 fully saturated rings. The maximum atomic E-state index is 8.60. The van der Waals surface area contributed by atoms with E-state index in [0.29, 0.717) is 5.56 Å². The summed E-state index contributed by atoms with van der Waals surface area (Å²) in [5, 5.41) is 8.60. The van der Waals surface area contributed by atoms with Gasteiger partial charge < -0.3 is 4.90 Å². The summed E-state index contributed by atoms with van der Waals surface area (Å²) in [5.74, 6) is 0. The summed E-state index contributed by atoms with van der Waals surface area (Å²) < 4.78 is 0. The van der Waals surface area contributed by atoms with E-state index in [0.717, 1.165) is 18.8 Å². The van der Waals surface area contributed by atoms with Crippen LogP contribution in [0.3, 0.4) is 0 Å². The Bertz CT molecular complexity index is 359. The molecule has 1 aliphatic heterocycles. The first kappa shape index (κ1) is 7.81. The van der Waals surface area contributed by atoms with E-state index >= 15 is 0 Å². The van der Waals surface area contributed by atoms with Crippen molar-refractivity contribution in [3.05, 3.63) is 29.8 Å². The average Bonchev–Trinajstić information content (AvgIpc) is 2.71. The van der Waals surface area contributed by atoms with Gasteiger partial charge in [-0.25, -0.2) is 0 Å². The number of aliphatic imine (C=N–C) groups is 1. The van der Waals surface area contributed by atoms with E-state index < -0.39 is 0 Å². The van der Waals surface area contributed by atoms with Gasteiger partial charge in [-0.2, -0.15) is 5.26 Å². The molecule has 0 spiro atoms. The Labute approximate surface area is 76.9 Å². The van der Waals surface area contributed by atoms with Crippen LogP contribution >= 0.6 is 0 Å². The number of nitriles is 1. The first-order chi connectivity index (χ1) is 6.40. The topological polar surface area (TPSA) is 39.4 Å². The van der Waals surface area contributed by atoms with Crippen LogP contribution < -0.4 is 4.90 Å². The molecule has 0 atom stereocenters. The third-order valence-corrected chi connectivity index (χ3v) is 2.02. The summed E-state index contributed by atoms with van der Waals surface area (Å²) in [6, 6.07) is 9.62. The molecular weight excluding hydrogens is 162 g/mol. The highest BCUT2D eigenvalue weighted by atomic mass is 15.2. The van der Waals surface area contributed by atoms with Gasteiger partial charge in [-0.15, -0.1) is 0 Å². The molecule has 13 heavy (non-hydrogen) atoms. The van der Waals surface area contributed by atoms with Crippen molar-refractivity contribution in [1.29, 1.82) is 5.26 Å². The fourth-order valence-electron chi connectivity index (χ4n) is 1.30. The van der Waals surface area contributed by atoms with Gasteiger partial charge in [0, 0.05) is 12.2 Å². The lowest BCUT2D eigenvalue weighted by Gasteiger charge is -2.12. The zero-order chi connectivity index (χ0) is 9.10. The molecule has 0 radical (unpaired) electrons. The zero-order valence-electron chi connectivity index (χ0n) is 7.14. The van der Waals surface area contributed by atoms with E-state index in [4.69, 9.17) is 5.26 Å². The highest BCUT2D eigenvalue weighted by Gasteiger charge is 2.06. The van der Waals surface area contributed by atoms with Crippen molar-refractivity contribution in [1.82, 2.24) is 0 Å². The van der Waals surface area contributed by atoms with Gasteiger partial charge in [0.05, 0.1) is 24.5 Å². The smallest absolute Gasteiger partial charge is 0.0991 e. The largest absolute Gasteiger partial charge is 0.331 e. The molecular formula is C10H9N3. The number of benzene rings is 1. The first-order valence-electron chi connectivity index (χ1n) is 4.17. The molecule has 1 heterocycles. The molecule has 1 aromatic carbocycles. The van der Waals surface area contributed by atoms with Gasteiger partial charge in [0.1, 0.15) is 0 Å². The van der Waals surface area contributed by atoms with Crippen LogP contribution in [0.2, 0.25) is 0 Å². The molecule has 3 heteroatoms. The molecule has 0 saturated heterocycles. The Balaban J connectivity index is 2.23. The van der Waals surface area contributed by atoms with Crippen LogP contribution in [0, 0.1) is 11.3 Å². The molecule has 1 aromatic rings. The molecule has 0 aromatic heterocycles. The minimum Gasteiger partial charge on any atom is -0.331 e. The summed E-state index contributed by atoms with van der Waals surface area (Å²) in [4.78, 5) is 6.19. The van der Waals surface area contributed by atoms with Gasteiger partial charge in [-0.05, 0) is 24.3 Å². The van der Waals surface area contributed by atoms with E-state index in [1.165, 1.54) is 0 Å². The fourth-order valence-corrected chi connectivity index (χ4v) is 1.30. The van der Waals surface area contributed by atoms with Gasteiger partial charge in [0.15, 0.2) is 0 Å². The number of hydrogen-bond donors (Lipinski definition) is 0. The van der Waals surface area contributed by atoms with E-state index in [1.807, 2.05) is 30.6 Å². The number of anilines is 1. The monoisotopic (exact) mass is 171 g/mol. The molecule has 0 saturated carbocycles. The lowest BCUT2D eigenvalue weighted by Crippen LogP contribution is -2.17. The van der Waals surface area contributed by atoms with Crippen LogP contribution in [0.1, 0.15) is 5.56 Å². The lowest BCUT2D eigenvalue weighted by molar-refractivity contribution is 1.02. The van der Waals surface area contributed by atoms with Gasteiger partial charge in [0.2, 0.25) is 0 Å². The van der Waals surface area contributed by atoms with Crippen molar-refractivity contribution >= 4 is 12.0 Å². The molecule has 64 valence electrons. The molecule has 2 rings (SSSR count). The SMILES string of the molecule is N#Cc1ccc(N2C=NCC2)cc1. The van der Waals surface area contributed by atoms with E-state index in [1.54, 1.807) is 0 Å². The lowest BCUT2D eigenvalue weighted by atomic mass is 10.2. The molecule has 3 nitrogen and oxygen atoms in total. The van der Waals surface area contributed by atoms with Crippen molar-refractivity contribution in [2.24, 2.45) is 4.99 Å². The first-order valence-corrected chi connectivity index (χ1v) is 4.17. The molecule has 1 aliphatic rings. The minimum absolute atomic E-state index is 0.694. The van der Waals surface area contributed by atoms with E-state index in [-0.39, 0.29) is 0 Å². The van der Waals surface area contributed by atoms with Crippen molar-refractivity contribution in [3.8, 4) is 6.07 Å². The standard InChI is InChI=1S/C10H9N3/c11-7-9-1-3-10(4-2-9)13-6-5-12-8-13/h1-4,8H,5-6H2. The maximum absolute atomic E-state index is 8.60. The molecule has 0 N–H and O–H groups in total. The second kappa shape index (κ2) is 3.28. The Morgan fingerprint density at radius 1 is 1.31 bits per heavy atom. The highest BCUT2D eigenvalue weighted by Crippen LogP contribution is 2.14. The Hall–Kier alpha value is -1.82. The normalized spacial score (nSPS) is 14.5. The van der Waals surface area contributed by atoms with Crippen molar-refractivity contribution in [2.75, 3.05) is 18.0 Å². The van der Waals surface area contributed by atoms with Crippen LogP contribution in [-0.4, -0.2) is 19.4 Å². The quantitative estimate of drug-likeness (QED) is 0.640. The third kappa shape index (κ3) is 1.52. The van der Waals surface area contributed by atoms with Gasteiger partial charge in [-0.3, -0.25) is 4.99 Å². The number of rotatable bonds is 1. The Kier molecular flexibility index (Phi) is 1.97. The van der Waals surface area contributed by atoms with Crippen LogP contribution in [0.5, 0.6) is 0 Å². The average molecular weight is 171 g/mol. The maximum Gasteiger partial charge on any atom is 0.0991 e. The summed E-state index contributed by atoms with van der Waals surface area (Å²) in [5.41, 5.74) is 1.79. The van der Waals surface area contributed by atoms with Crippen LogP contribution in [-0.2, 0) is 0 Å². The Morgan fingerprint density at radius 3 is 2.62 bits per heavy atom. The molecule has 0 aliphatic carbocycles. The second-order valence-corrected chi connectivity index (χ2v) is 2.87. The zero-order valence-corrected chi connectivity index (χ0v) is 7.14. The third-order valence-electron chi connectivity index (χ3n) is 2.02. The predicted molar refractivity (Wildman–Crippen MR) is 51.9 cm³/mol. The summed E-state index contributed by atoms with van der Waals surface area (Å²) in [7, 11) is 0. The highest BCUT2D eigenvalue weighted by molar-refractivity contribution is 5.80. The summed E-state index contributed by atoms with van der Waals surface area (Å²) in [6.45, 7) is 1.80. The molecule has 0 amide bonds. The van der Waals surface area contributed by atoms with Gasteiger partial charge >= 0.3 is 0 Å². The number of nitrogens with zero attached hydrogens (tertiary/aromatic N) is 3. The Morgan fingerprint density at radius 2 is 2.08 bits per heavy atom. The fraction of sp³-hybridized carbons (Fsp3) is 0.200. The molecule has 0 unspecified atom stereocenters. The predicted octanol–water partition coefficient (Wildman–Crippen LogP) is 1.41. The number of hydrogen-bond acceptors (Lipinski definition) is 3. The van der Waals surface area contributed by atoms with Gasteiger partial charge in [0.25, 0.3) is 0 Å².